The van der Waals surface area contributed by atoms with Crippen molar-refractivity contribution in [2.45, 2.75) is 6.92 Å². The highest BCUT2D eigenvalue weighted by Gasteiger charge is 2.08. The second-order valence-corrected chi connectivity index (χ2v) is 5.40. The van der Waals surface area contributed by atoms with Crippen LogP contribution in [-0.4, -0.2) is 24.9 Å². The van der Waals surface area contributed by atoms with Crippen LogP contribution in [0.2, 0.25) is 5.02 Å². The Hall–Kier alpha value is -2.60. The van der Waals surface area contributed by atoms with Crippen molar-refractivity contribution in [1.82, 2.24) is 5.32 Å². The number of carbonyl (C=O) groups excluding carboxylic acids is 2. The molecule has 0 aliphatic carbocycles. The monoisotopic (exact) mass is 349 g/mol. The van der Waals surface area contributed by atoms with E-state index in [-0.39, 0.29) is 29.1 Å². The van der Waals surface area contributed by atoms with Crippen molar-refractivity contribution >= 4 is 34.8 Å². The first-order valence-electron chi connectivity index (χ1n) is 7.36. The Kier molecular flexibility index (Phi) is 6.14. The Morgan fingerprint density at radius 3 is 2.67 bits per heavy atom. The van der Waals surface area contributed by atoms with E-state index in [4.69, 9.17) is 11.6 Å². The molecule has 2 aromatic rings. The van der Waals surface area contributed by atoms with Gasteiger partial charge in [-0.15, -0.1) is 0 Å². The van der Waals surface area contributed by atoms with Crippen molar-refractivity contribution in [3.63, 3.8) is 0 Å². The van der Waals surface area contributed by atoms with E-state index < -0.39 is 5.82 Å². The van der Waals surface area contributed by atoms with Crippen molar-refractivity contribution in [2.75, 3.05) is 23.7 Å². The molecule has 0 bridgehead atoms. The van der Waals surface area contributed by atoms with Gasteiger partial charge in [0.25, 0.3) is 5.91 Å². The molecule has 0 fully saturated rings. The fraction of sp³-hybridized carbons (Fsp3) is 0.176. The molecule has 5 nitrogen and oxygen atoms in total. The van der Waals surface area contributed by atoms with Crippen LogP contribution in [0.1, 0.15) is 17.3 Å². The number of benzene rings is 2. The number of carbonyl (C=O) groups is 2. The maximum Gasteiger partial charge on any atom is 0.251 e. The molecular weight excluding hydrogens is 333 g/mol. The normalized spacial score (nSPS) is 10.1. The molecule has 0 aliphatic rings. The number of nitrogens with one attached hydrogen (secondary N) is 3. The zero-order valence-electron chi connectivity index (χ0n) is 13.0. The first kappa shape index (κ1) is 17.7. The number of anilines is 2. The second kappa shape index (κ2) is 8.31. The van der Waals surface area contributed by atoms with Crippen LogP contribution in [0.25, 0.3) is 0 Å². The first-order chi connectivity index (χ1) is 11.5. The van der Waals surface area contributed by atoms with E-state index in [1.165, 1.54) is 12.1 Å². The van der Waals surface area contributed by atoms with Gasteiger partial charge in [0.15, 0.2) is 0 Å². The average Bonchev–Trinajstić information content (AvgIpc) is 2.54. The predicted molar refractivity (Wildman–Crippen MR) is 93.0 cm³/mol. The van der Waals surface area contributed by atoms with E-state index in [1.54, 1.807) is 24.3 Å². The van der Waals surface area contributed by atoms with Crippen LogP contribution in [0.5, 0.6) is 0 Å². The molecule has 2 aromatic carbocycles. The largest absolute Gasteiger partial charge is 0.374 e. The van der Waals surface area contributed by atoms with Gasteiger partial charge in [-0.25, -0.2) is 4.39 Å². The molecule has 0 aliphatic heterocycles. The minimum Gasteiger partial charge on any atom is -0.374 e. The minimum atomic E-state index is -0.534. The van der Waals surface area contributed by atoms with Crippen molar-refractivity contribution in [3.8, 4) is 0 Å². The maximum absolute atomic E-state index is 13.6. The van der Waals surface area contributed by atoms with Crippen LogP contribution >= 0.6 is 11.6 Å². The molecule has 2 amide bonds. The average molecular weight is 350 g/mol. The minimum absolute atomic E-state index is 0.121. The van der Waals surface area contributed by atoms with Crippen molar-refractivity contribution in [2.24, 2.45) is 0 Å². The van der Waals surface area contributed by atoms with E-state index in [9.17, 15) is 14.0 Å². The Bertz CT molecular complexity index is 752. The van der Waals surface area contributed by atoms with Gasteiger partial charge in [0.05, 0.1) is 12.2 Å². The summed E-state index contributed by atoms with van der Waals surface area (Å²) in [5, 5.41) is 8.31. The number of hydrogen-bond donors (Lipinski definition) is 3. The molecule has 0 saturated heterocycles. The number of halogens is 2. The van der Waals surface area contributed by atoms with Gasteiger partial charge >= 0.3 is 0 Å². The highest BCUT2D eigenvalue weighted by Crippen LogP contribution is 2.18. The quantitative estimate of drug-likeness (QED) is 0.749. The number of hydrogen-bond acceptors (Lipinski definition) is 3. The topological polar surface area (TPSA) is 70.2 Å². The van der Waals surface area contributed by atoms with Crippen molar-refractivity contribution < 1.29 is 14.0 Å². The highest BCUT2D eigenvalue weighted by molar-refractivity contribution is 6.30. The Labute approximate surface area is 144 Å². The van der Waals surface area contributed by atoms with Crippen LogP contribution in [0, 0.1) is 5.82 Å². The fourth-order valence-corrected chi connectivity index (χ4v) is 2.17. The predicted octanol–water partition coefficient (Wildman–Crippen LogP) is 3.28. The summed E-state index contributed by atoms with van der Waals surface area (Å²) in [5.41, 5.74) is 1.12. The summed E-state index contributed by atoms with van der Waals surface area (Å²) in [4.78, 5) is 23.7. The number of rotatable bonds is 6. The molecule has 2 rings (SSSR count). The summed E-state index contributed by atoms with van der Waals surface area (Å²) in [6, 6.07) is 10.7. The third kappa shape index (κ3) is 4.96. The van der Waals surface area contributed by atoms with Crippen LogP contribution < -0.4 is 16.0 Å². The Morgan fingerprint density at radius 2 is 1.96 bits per heavy atom. The van der Waals surface area contributed by atoms with Crippen LogP contribution in [0.4, 0.5) is 15.8 Å². The summed E-state index contributed by atoms with van der Waals surface area (Å²) in [7, 11) is 0. The van der Waals surface area contributed by atoms with Gasteiger partial charge in [-0.1, -0.05) is 17.7 Å². The molecule has 0 heterocycles. The third-order valence-corrected chi connectivity index (χ3v) is 3.35. The molecule has 126 valence electrons. The molecule has 7 heteroatoms. The van der Waals surface area contributed by atoms with E-state index in [0.717, 1.165) is 6.07 Å². The van der Waals surface area contributed by atoms with Gasteiger partial charge in [0, 0.05) is 22.8 Å². The molecule has 0 atom stereocenters. The molecule has 0 unspecified atom stereocenters. The summed E-state index contributed by atoms with van der Waals surface area (Å²) in [6.45, 7) is 2.22. The van der Waals surface area contributed by atoms with Gasteiger partial charge < -0.3 is 16.0 Å². The van der Waals surface area contributed by atoms with Crippen LogP contribution in [0.15, 0.2) is 42.5 Å². The summed E-state index contributed by atoms with van der Waals surface area (Å²) in [5.74, 6) is -1.11. The van der Waals surface area contributed by atoms with Gasteiger partial charge in [0.1, 0.15) is 5.82 Å². The van der Waals surface area contributed by atoms with E-state index in [0.29, 0.717) is 17.8 Å². The van der Waals surface area contributed by atoms with Gasteiger partial charge in [-0.3, -0.25) is 9.59 Å². The molecule has 0 aromatic heterocycles. The van der Waals surface area contributed by atoms with Gasteiger partial charge in [-0.2, -0.15) is 0 Å². The molecular formula is C17H17ClFN3O2. The Morgan fingerprint density at radius 1 is 1.17 bits per heavy atom. The van der Waals surface area contributed by atoms with Gasteiger partial charge in [0.2, 0.25) is 5.91 Å². The van der Waals surface area contributed by atoms with E-state index in [1.807, 2.05) is 6.92 Å². The lowest BCUT2D eigenvalue weighted by Crippen LogP contribution is -2.24. The zero-order valence-corrected chi connectivity index (χ0v) is 13.8. The van der Waals surface area contributed by atoms with Crippen molar-refractivity contribution in [1.29, 1.82) is 0 Å². The lowest BCUT2D eigenvalue weighted by Gasteiger charge is -2.10. The Balaban J connectivity index is 1.95. The number of amides is 2. The lowest BCUT2D eigenvalue weighted by atomic mass is 10.2. The fourth-order valence-electron chi connectivity index (χ4n) is 2.01. The summed E-state index contributed by atoms with van der Waals surface area (Å²) < 4.78 is 13.6. The van der Waals surface area contributed by atoms with Crippen LogP contribution in [-0.2, 0) is 4.79 Å². The van der Waals surface area contributed by atoms with Gasteiger partial charge in [-0.05, 0) is 43.3 Å². The maximum atomic E-state index is 13.6. The third-order valence-electron chi connectivity index (χ3n) is 3.12. The van der Waals surface area contributed by atoms with E-state index >= 15 is 0 Å². The first-order valence-corrected chi connectivity index (χ1v) is 7.74. The highest BCUT2D eigenvalue weighted by atomic mass is 35.5. The molecule has 3 N–H and O–H groups in total. The van der Waals surface area contributed by atoms with E-state index in [2.05, 4.69) is 16.0 Å². The SMILES string of the molecule is CCNC(=O)c1cccc(NC(=O)CNc2ccc(Cl)cc2F)c1. The van der Waals surface area contributed by atoms with Crippen LogP contribution in [0.3, 0.4) is 0 Å². The molecule has 0 saturated carbocycles. The molecule has 0 radical (unpaired) electrons. The molecule has 24 heavy (non-hydrogen) atoms. The summed E-state index contributed by atoms with van der Waals surface area (Å²) in [6.07, 6.45) is 0. The molecule has 0 spiro atoms. The smallest absolute Gasteiger partial charge is 0.251 e. The van der Waals surface area contributed by atoms with Crippen molar-refractivity contribution in [3.05, 3.63) is 58.9 Å². The lowest BCUT2D eigenvalue weighted by molar-refractivity contribution is -0.114. The standard InChI is InChI=1S/C17H17ClFN3O2/c1-2-20-17(24)11-4-3-5-13(8-11)22-16(23)10-21-15-7-6-12(18)9-14(15)19/h3-9,21H,2,10H2,1H3,(H,20,24)(H,22,23). The zero-order chi connectivity index (χ0) is 17.5. The summed E-state index contributed by atoms with van der Waals surface area (Å²) >= 11 is 5.67. The second-order valence-electron chi connectivity index (χ2n) is 4.97.